The second kappa shape index (κ2) is 3.19. The summed E-state index contributed by atoms with van der Waals surface area (Å²) in [6, 6.07) is 0. The van der Waals surface area contributed by atoms with Crippen molar-refractivity contribution < 1.29 is 4.74 Å². The smallest absolute Gasteiger partial charge is 0.0671 e. The molecule has 0 bridgehead atoms. The molecule has 0 aromatic carbocycles. The van der Waals surface area contributed by atoms with Crippen molar-refractivity contribution in [2.75, 3.05) is 12.5 Å². The van der Waals surface area contributed by atoms with E-state index in [1.54, 1.807) is 0 Å². The number of alkyl halides is 1. The van der Waals surface area contributed by atoms with Gasteiger partial charge in [0, 0.05) is 17.9 Å². The summed E-state index contributed by atoms with van der Waals surface area (Å²) < 4.78 is 5.79. The first-order chi connectivity index (χ1) is 5.82. The predicted molar refractivity (Wildman–Crippen MR) is 50.5 cm³/mol. The highest BCUT2D eigenvalue weighted by atomic mass is 35.5. The molecule has 0 aromatic heterocycles. The van der Waals surface area contributed by atoms with Gasteiger partial charge in [0.1, 0.15) is 0 Å². The maximum Gasteiger partial charge on any atom is 0.0671 e. The maximum atomic E-state index is 6.05. The summed E-state index contributed by atoms with van der Waals surface area (Å²) in [5.41, 5.74) is 0.322. The summed E-state index contributed by atoms with van der Waals surface area (Å²) >= 11 is 6.05. The van der Waals surface area contributed by atoms with Crippen LogP contribution in [0, 0.1) is 11.3 Å². The van der Waals surface area contributed by atoms with Gasteiger partial charge in [-0.05, 0) is 31.6 Å². The molecule has 1 saturated heterocycles. The van der Waals surface area contributed by atoms with Gasteiger partial charge in [-0.2, -0.15) is 0 Å². The van der Waals surface area contributed by atoms with E-state index in [1.165, 1.54) is 25.7 Å². The molecule has 1 nitrogen and oxygen atoms in total. The molecule has 2 unspecified atom stereocenters. The largest absolute Gasteiger partial charge is 0.377 e. The third kappa shape index (κ3) is 1.27. The first-order valence-electron chi connectivity index (χ1n) is 5.00. The Morgan fingerprint density at radius 1 is 1.50 bits per heavy atom. The lowest BCUT2D eigenvalue weighted by Crippen LogP contribution is -2.33. The van der Waals surface area contributed by atoms with Crippen LogP contribution in [0.3, 0.4) is 0 Å². The second-order valence-corrected chi connectivity index (χ2v) is 4.50. The molecule has 1 heterocycles. The summed E-state index contributed by atoms with van der Waals surface area (Å²) in [5.74, 6) is 1.62. The summed E-state index contributed by atoms with van der Waals surface area (Å²) in [4.78, 5) is 0. The van der Waals surface area contributed by atoms with E-state index < -0.39 is 0 Å². The van der Waals surface area contributed by atoms with E-state index in [1.807, 2.05) is 0 Å². The zero-order chi connectivity index (χ0) is 8.60. The average molecular weight is 189 g/mol. The number of hydrogen-bond donors (Lipinski definition) is 0. The minimum atomic E-state index is 0.322. The van der Waals surface area contributed by atoms with E-state index in [2.05, 4.69) is 6.92 Å². The van der Waals surface area contributed by atoms with E-state index in [0.29, 0.717) is 11.5 Å². The Morgan fingerprint density at radius 2 is 2.25 bits per heavy atom. The zero-order valence-corrected chi connectivity index (χ0v) is 8.44. The molecule has 0 amide bonds. The van der Waals surface area contributed by atoms with Crippen LogP contribution in [0.5, 0.6) is 0 Å². The van der Waals surface area contributed by atoms with Crippen molar-refractivity contribution in [3.8, 4) is 0 Å². The zero-order valence-electron chi connectivity index (χ0n) is 7.68. The Kier molecular flexibility index (Phi) is 2.35. The number of hydrogen-bond acceptors (Lipinski definition) is 1. The van der Waals surface area contributed by atoms with Crippen molar-refractivity contribution in [2.45, 2.75) is 38.7 Å². The van der Waals surface area contributed by atoms with E-state index in [0.717, 1.165) is 18.4 Å². The van der Waals surface area contributed by atoms with E-state index in [9.17, 15) is 0 Å². The minimum absolute atomic E-state index is 0.322. The lowest BCUT2D eigenvalue weighted by Gasteiger charge is -2.30. The van der Waals surface area contributed by atoms with Crippen molar-refractivity contribution in [1.29, 1.82) is 0 Å². The van der Waals surface area contributed by atoms with Gasteiger partial charge in [0.2, 0.25) is 0 Å². The highest BCUT2D eigenvalue weighted by Gasteiger charge is 2.49. The standard InChI is InChI=1S/C10H17ClO/c1-2-10(7-11)5-6-12-9(10)8-3-4-8/h8-9H,2-7H2,1H3. The van der Waals surface area contributed by atoms with Crippen LogP contribution in [0.1, 0.15) is 32.6 Å². The highest BCUT2D eigenvalue weighted by Crippen LogP contribution is 2.49. The summed E-state index contributed by atoms with van der Waals surface area (Å²) in [7, 11) is 0. The normalized spacial score (nSPS) is 42.0. The van der Waals surface area contributed by atoms with Crippen LogP contribution in [0.2, 0.25) is 0 Å². The maximum absolute atomic E-state index is 6.05. The van der Waals surface area contributed by atoms with Crippen molar-refractivity contribution >= 4 is 11.6 Å². The molecule has 1 saturated carbocycles. The van der Waals surface area contributed by atoms with E-state index in [-0.39, 0.29) is 0 Å². The number of halogens is 1. The lowest BCUT2D eigenvalue weighted by molar-refractivity contribution is 0.0386. The monoisotopic (exact) mass is 188 g/mol. The molecule has 70 valence electrons. The van der Waals surface area contributed by atoms with E-state index >= 15 is 0 Å². The van der Waals surface area contributed by atoms with Gasteiger partial charge in [-0.15, -0.1) is 11.6 Å². The Balaban J connectivity index is 2.09. The van der Waals surface area contributed by atoms with Crippen molar-refractivity contribution in [2.24, 2.45) is 11.3 Å². The molecule has 12 heavy (non-hydrogen) atoms. The van der Waals surface area contributed by atoms with E-state index in [4.69, 9.17) is 16.3 Å². The Labute approximate surface area is 79.4 Å². The molecule has 2 atom stereocenters. The van der Waals surface area contributed by atoms with Gasteiger partial charge < -0.3 is 4.74 Å². The van der Waals surface area contributed by atoms with Gasteiger partial charge >= 0.3 is 0 Å². The Hall–Kier alpha value is 0.250. The molecule has 0 radical (unpaired) electrons. The van der Waals surface area contributed by atoms with Gasteiger partial charge in [0.15, 0.2) is 0 Å². The van der Waals surface area contributed by atoms with Crippen molar-refractivity contribution in [3.05, 3.63) is 0 Å². The number of ether oxygens (including phenoxy) is 1. The fourth-order valence-corrected chi connectivity index (χ4v) is 2.83. The van der Waals surface area contributed by atoms with Crippen molar-refractivity contribution in [3.63, 3.8) is 0 Å². The minimum Gasteiger partial charge on any atom is -0.377 e. The molecule has 0 N–H and O–H groups in total. The summed E-state index contributed by atoms with van der Waals surface area (Å²) in [6.45, 7) is 3.17. The van der Waals surface area contributed by atoms with Crippen LogP contribution < -0.4 is 0 Å². The van der Waals surface area contributed by atoms with Crippen molar-refractivity contribution in [1.82, 2.24) is 0 Å². The highest BCUT2D eigenvalue weighted by molar-refractivity contribution is 6.18. The summed E-state index contributed by atoms with van der Waals surface area (Å²) in [6.07, 6.45) is 5.57. The first kappa shape index (κ1) is 8.83. The van der Waals surface area contributed by atoms with Gasteiger partial charge in [-0.25, -0.2) is 0 Å². The second-order valence-electron chi connectivity index (χ2n) is 4.23. The molecule has 2 aliphatic rings. The van der Waals surface area contributed by atoms with Gasteiger partial charge in [-0.3, -0.25) is 0 Å². The fraction of sp³-hybridized carbons (Fsp3) is 1.00. The topological polar surface area (TPSA) is 9.23 Å². The molecular weight excluding hydrogens is 172 g/mol. The molecule has 2 heteroatoms. The van der Waals surface area contributed by atoms with Gasteiger partial charge in [0.05, 0.1) is 6.10 Å². The van der Waals surface area contributed by atoms with Crippen LogP contribution in [0.4, 0.5) is 0 Å². The van der Waals surface area contributed by atoms with Crippen LogP contribution in [-0.4, -0.2) is 18.6 Å². The molecule has 0 aromatic rings. The third-order valence-corrected chi connectivity index (χ3v) is 4.05. The van der Waals surface area contributed by atoms with Crippen LogP contribution in [0.25, 0.3) is 0 Å². The Bertz CT molecular complexity index is 161. The molecule has 0 spiro atoms. The first-order valence-corrected chi connectivity index (χ1v) is 5.53. The van der Waals surface area contributed by atoms with Crippen LogP contribution in [-0.2, 0) is 4.74 Å². The SMILES string of the molecule is CCC1(CCl)CCOC1C1CC1. The van der Waals surface area contributed by atoms with Gasteiger partial charge in [0.25, 0.3) is 0 Å². The lowest BCUT2D eigenvalue weighted by atomic mass is 9.78. The molecular formula is C10H17ClO. The quantitative estimate of drug-likeness (QED) is 0.619. The molecule has 1 aliphatic heterocycles. The summed E-state index contributed by atoms with van der Waals surface area (Å²) in [5, 5.41) is 0. The molecule has 2 fully saturated rings. The Morgan fingerprint density at radius 3 is 2.75 bits per heavy atom. The number of rotatable bonds is 3. The van der Waals surface area contributed by atoms with Crippen LogP contribution >= 0.6 is 11.6 Å². The average Bonchev–Trinajstić information content (AvgIpc) is 2.86. The fourth-order valence-electron chi connectivity index (χ4n) is 2.36. The molecule has 1 aliphatic carbocycles. The third-order valence-electron chi connectivity index (χ3n) is 3.52. The predicted octanol–water partition coefficient (Wildman–Crippen LogP) is 2.82. The van der Waals surface area contributed by atoms with Crippen LogP contribution in [0.15, 0.2) is 0 Å². The molecule has 2 rings (SSSR count). The van der Waals surface area contributed by atoms with Gasteiger partial charge in [-0.1, -0.05) is 6.92 Å².